The van der Waals surface area contributed by atoms with Gasteiger partial charge in [0.2, 0.25) is 0 Å². The van der Waals surface area contributed by atoms with Crippen LogP contribution >= 0.6 is 11.8 Å². The molecule has 1 amide bonds. The van der Waals surface area contributed by atoms with E-state index in [0.29, 0.717) is 11.4 Å². The number of benzene rings is 1. The Morgan fingerprint density at radius 3 is 2.68 bits per heavy atom. The Hall–Kier alpha value is -2.05. The van der Waals surface area contributed by atoms with Crippen molar-refractivity contribution >= 4 is 29.2 Å². The molecule has 5 nitrogen and oxygen atoms in total. The lowest BCUT2D eigenvalue weighted by atomic mass is 10.2. The van der Waals surface area contributed by atoms with Gasteiger partial charge in [0.1, 0.15) is 5.82 Å². The standard InChI is InChI=1S/C13H14N4OS/c1-19-11-5-3-2-4-10(11)16-13(18)9-6-7-12(17-14)15-8-9/h2-8H,14H2,1H3,(H,15,17)(H,16,18). The van der Waals surface area contributed by atoms with Gasteiger partial charge in [0, 0.05) is 11.1 Å². The van der Waals surface area contributed by atoms with Crippen LogP contribution in [0.15, 0.2) is 47.5 Å². The lowest BCUT2D eigenvalue weighted by Gasteiger charge is -2.09. The van der Waals surface area contributed by atoms with E-state index in [1.165, 1.54) is 6.20 Å². The average Bonchev–Trinajstić information content (AvgIpc) is 2.48. The highest BCUT2D eigenvalue weighted by Gasteiger charge is 2.08. The minimum Gasteiger partial charge on any atom is -0.321 e. The van der Waals surface area contributed by atoms with Gasteiger partial charge in [0.15, 0.2) is 0 Å². The van der Waals surface area contributed by atoms with E-state index in [-0.39, 0.29) is 5.91 Å². The molecule has 0 atom stereocenters. The summed E-state index contributed by atoms with van der Waals surface area (Å²) in [7, 11) is 0. The number of pyridine rings is 1. The molecule has 0 aliphatic carbocycles. The van der Waals surface area contributed by atoms with Gasteiger partial charge in [0.05, 0.1) is 11.3 Å². The van der Waals surface area contributed by atoms with Crippen molar-refractivity contribution in [3.63, 3.8) is 0 Å². The number of carbonyl (C=O) groups is 1. The Morgan fingerprint density at radius 1 is 1.26 bits per heavy atom. The summed E-state index contributed by atoms with van der Waals surface area (Å²) in [6, 6.07) is 11.0. The highest BCUT2D eigenvalue weighted by Crippen LogP contribution is 2.25. The normalized spacial score (nSPS) is 10.0. The summed E-state index contributed by atoms with van der Waals surface area (Å²) in [5.74, 6) is 5.54. The number of anilines is 2. The molecule has 0 saturated heterocycles. The average molecular weight is 274 g/mol. The lowest BCUT2D eigenvalue weighted by molar-refractivity contribution is 0.102. The fourth-order valence-corrected chi connectivity index (χ4v) is 2.11. The van der Waals surface area contributed by atoms with Gasteiger partial charge >= 0.3 is 0 Å². The third kappa shape index (κ3) is 3.24. The summed E-state index contributed by atoms with van der Waals surface area (Å²) in [6.45, 7) is 0. The van der Waals surface area contributed by atoms with Gasteiger partial charge in [-0.2, -0.15) is 0 Å². The second kappa shape index (κ2) is 6.21. The Morgan fingerprint density at radius 2 is 2.05 bits per heavy atom. The van der Waals surface area contributed by atoms with Crippen molar-refractivity contribution in [2.45, 2.75) is 4.90 Å². The number of nitrogens with one attached hydrogen (secondary N) is 2. The number of nitrogen functional groups attached to an aromatic ring is 1. The van der Waals surface area contributed by atoms with Gasteiger partial charge < -0.3 is 10.7 Å². The van der Waals surface area contributed by atoms with Crippen molar-refractivity contribution in [2.24, 2.45) is 5.84 Å². The Kier molecular flexibility index (Phi) is 4.38. The third-order valence-corrected chi connectivity index (χ3v) is 3.32. The van der Waals surface area contributed by atoms with Gasteiger partial charge in [-0.05, 0) is 30.5 Å². The van der Waals surface area contributed by atoms with E-state index >= 15 is 0 Å². The van der Waals surface area contributed by atoms with E-state index in [1.807, 2.05) is 30.5 Å². The third-order valence-electron chi connectivity index (χ3n) is 2.53. The van der Waals surface area contributed by atoms with Crippen LogP contribution in [0, 0.1) is 0 Å². The van der Waals surface area contributed by atoms with Crippen LogP contribution in [-0.4, -0.2) is 17.1 Å². The number of para-hydroxylation sites is 1. The number of amides is 1. The van der Waals surface area contributed by atoms with Crippen LogP contribution in [0.5, 0.6) is 0 Å². The Bertz CT molecular complexity index is 571. The van der Waals surface area contributed by atoms with Crippen LogP contribution in [0.3, 0.4) is 0 Å². The zero-order valence-electron chi connectivity index (χ0n) is 10.4. The van der Waals surface area contributed by atoms with Crippen LogP contribution in [0.1, 0.15) is 10.4 Å². The van der Waals surface area contributed by atoms with Crippen molar-refractivity contribution in [2.75, 3.05) is 17.0 Å². The smallest absolute Gasteiger partial charge is 0.257 e. The van der Waals surface area contributed by atoms with Gasteiger partial charge in [-0.15, -0.1) is 11.8 Å². The minimum atomic E-state index is -0.197. The van der Waals surface area contributed by atoms with Crippen LogP contribution in [0.4, 0.5) is 11.5 Å². The fraction of sp³-hybridized carbons (Fsp3) is 0.0769. The molecule has 0 aliphatic heterocycles. The first-order chi connectivity index (χ1) is 9.24. The SMILES string of the molecule is CSc1ccccc1NC(=O)c1ccc(NN)nc1. The maximum atomic E-state index is 12.1. The molecule has 19 heavy (non-hydrogen) atoms. The first-order valence-corrected chi connectivity index (χ1v) is 6.84. The van der Waals surface area contributed by atoms with Crippen molar-refractivity contribution < 1.29 is 4.79 Å². The van der Waals surface area contributed by atoms with Gasteiger partial charge in [0.25, 0.3) is 5.91 Å². The van der Waals surface area contributed by atoms with Crippen LogP contribution in [-0.2, 0) is 0 Å². The van der Waals surface area contributed by atoms with E-state index in [1.54, 1.807) is 23.9 Å². The van der Waals surface area contributed by atoms with Crippen LogP contribution in [0.2, 0.25) is 0 Å². The summed E-state index contributed by atoms with van der Waals surface area (Å²) in [5, 5.41) is 2.86. The zero-order valence-corrected chi connectivity index (χ0v) is 11.2. The number of hydrogen-bond donors (Lipinski definition) is 3. The predicted octanol–water partition coefficient (Wildman–Crippen LogP) is 2.34. The molecule has 1 aromatic heterocycles. The molecule has 1 heterocycles. The molecule has 0 bridgehead atoms. The first-order valence-electron chi connectivity index (χ1n) is 5.61. The van der Waals surface area contributed by atoms with Crippen molar-refractivity contribution in [1.82, 2.24) is 4.98 Å². The minimum absolute atomic E-state index is 0.197. The number of nitrogens with zero attached hydrogens (tertiary/aromatic N) is 1. The molecule has 2 aromatic rings. The van der Waals surface area contributed by atoms with Gasteiger partial charge in [-0.1, -0.05) is 12.1 Å². The second-order valence-corrected chi connectivity index (χ2v) is 4.58. The Balaban J connectivity index is 2.16. The molecule has 0 aliphatic rings. The predicted molar refractivity (Wildman–Crippen MR) is 78.2 cm³/mol. The molecule has 0 unspecified atom stereocenters. The van der Waals surface area contributed by atoms with E-state index < -0.39 is 0 Å². The number of rotatable bonds is 4. The molecule has 6 heteroatoms. The van der Waals surface area contributed by atoms with Crippen molar-refractivity contribution in [3.8, 4) is 0 Å². The maximum Gasteiger partial charge on any atom is 0.257 e. The highest BCUT2D eigenvalue weighted by atomic mass is 32.2. The Labute approximate surface area is 115 Å². The summed E-state index contributed by atoms with van der Waals surface area (Å²) in [6.07, 6.45) is 3.44. The number of thioether (sulfide) groups is 1. The van der Waals surface area contributed by atoms with Gasteiger partial charge in [-0.3, -0.25) is 4.79 Å². The lowest BCUT2D eigenvalue weighted by Crippen LogP contribution is -2.14. The van der Waals surface area contributed by atoms with E-state index in [9.17, 15) is 4.79 Å². The number of aromatic nitrogens is 1. The highest BCUT2D eigenvalue weighted by molar-refractivity contribution is 7.98. The molecule has 4 N–H and O–H groups in total. The largest absolute Gasteiger partial charge is 0.321 e. The number of hydrazine groups is 1. The second-order valence-electron chi connectivity index (χ2n) is 3.73. The molecule has 0 saturated carbocycles. The maximum absolute atomic E-state index is 12.1. The first kappa shape index (κ1) is 13.4. The zero-order chi connectivity index (χ0) is 13.7. The number of hydrogen-bond acceptors (Lipinski definition) is 5. The number of nitrogens with two attached hydrogens (primary N) is 1. The summed E-state index contributed by atoms with van der Waals surface area (Å²) in [4.78, 5) is 17.1. The molecule has 1 aromatic carbocycles. The monoisotopic (exact) mass is 274 g/mol. The number of carbonyl (C=O) groups excluding carboxylic acids is 1. The topological polar surface area (TPSA) is 80.0 Å². The molecular weight excluding hydrogens is 260 g/mol. The van der Waals surface area contributed by atoms with E-state index in [2.05, 4.69) is 15.7 Å². The fourth-order valence-electron chi connectivity index (χ4n) is 1.56. The summed E-state index contributed by atoms with van der Waals surface area (Å²) in [5.41, 5.74) is 3.69. The van der Waals surface area contributed by atoms with E-state index in [0.717, 1.165) is 10.6 Å². The van der Waals surface area contributed by atoms with E-state index in [4.69, 9.17) is 5.84 Å². The molecule has 0 radical (unpaired) electrons. The molecular formula is C13H14N4OS. The molecule has 0 fully saturated rings. The molecule has 0 spiro atoms. The van der Waals surface area contributed by atoms with Crippen LogP contribution < -0.4 is 16.6 Å². The molecule has 2 rings (SSSR count). The summed E-state index contributed by atoms with van der Waals surface area (Å²) < 4.78 is 0. The molecule has 98 valence electrons. The van der Waals surface area contributed by atoms with Crippen molar-refractivity contribution in [3.05, 3.63) is 48.2 Å². The van der Waals surface area contributed by atoms with Gasteiger partial charge in [-0.25, -0.2) is 10.8 Å². The quantitative estimate of drug-likeness (QED) is 0.453. The summed E-state index contributed by atoms with van der Waals surface area (Å²) >= 11 is 1.58. The van der Waals surface area contributed by atoms with Crippen molar-refractivity contribution in [1.29, 1.82) is 0 Å². The van der Waals surface area contributed by atoms with Crippen LogP contribution in [0.25, 0.3) is 0 Å².